The number of anilines is 1. The van der Waals surface area contributed by atoms with Gasteiger partial charge in [0.1, 0.15) is 17.2 Å². The van der Waals surface area contributed by atoms with E-state index in [4.69, 9.17) is 9.84 Å². The van der Waals surface area contributed by atoms with Gasteiger partial charge in [-0.15, -0.1) is 0 Å². The normalized spacial score (nSPS) is 10.6. The zero-order valence-corrected chi connectivity index (χ0v) is 19.7. The van der Waals surface area contributed by atoms with Gasteiger partial charge in [-0.2, -0.15) is 5.10 Å². The molecule has 2 aromatic heterocycles. The van der Waals surface area contributed by atoms with E-state index in [1.54, 1.807) is 23.0 Å². The van der Waals surface area contributed by atoms with Crippen LogP contribution in [-0.2, 0) is 0 Å². The average Bonchev–Trinajstić information content (AvgIpc) is 3.27. The van der Waals surface area contributed by atoms with Gasteiger partial charge in [-0.1, -0.05) is 48.5 Å². The van der Waals surface area contributed by atoms with Crippen molar-refractivity contribution in [2.24, 2.45) is 0 Å². The Morgan fingerprint density at radius 2 is 1.68 bits per heavy atom. The van der Waals surface area contributed by atoms with E-state index in [-0.39, 0.29) is 17.1 Å². The Morgan fingerprint density at radius 1 is 0.946 bits per heavy atom. The van der Waals surface area contributed by atoms with E-state index in [9.17, 15) is 14.9 Å². The molecule has 0 saturated heterocycles. The zero-order chi connectivity index (χ0) is 25.8. The molecule has 3 aromatic carbocycles. The maximum absolute atomic E-state index is 13.6. The van der Waals surface area contributed by atoms with Crippen LogP contribution in [0.25, 0.3) is 16.9 Å². The Balaban J connectivity index is 1.55. The summed E-state index contributed by atoms with van der Waals surface area (Å²) in [5.41, 5.74) is 3.04. The minimum absolute atomic E-state index is 0.192. The number of para-hydroxylation sites is 1. The van der Waals surface area contributed by atoms with Crippen molar-refractivity contribution in [1.29, 1.82) is 0 Å². The van der Waals surface area contributed by atoms with Gasteiger partial charge in [-0.3, -0.25) is 19.9 Å². The maximum atomic E-state index is 13.6. The molecule has 1 amide bonds. The van der Waals surface area contributed by atoms with E-state index >= 15 is 0 Å². The van der Waals surface area contributed by atoms with Gasteiger partial charge in [0.2, 0.25) is 0 Å². The van der Waals surface area contributed by atoms with Crippen LogP contribution in [0.1, 0.15) is 16.1 Å². The predicted octanol–water partition coefficient (Wildman–Crippen LogP) is 6.20. The van der Waals surface area contributed by atoms with Crippen LogP contribution in [0.2, 0.25) is 0 Å². The van der Waals surface area contributed by atoms with E-state index < -0.39 is 10.8 Å². The topological polar surface area (TPSA) is 112 Å². The molecule has 0 aliphatic carbocycles. The van der Waals surface area contributed by atoms with Gasteiger partial charge in [0, 0.05) is 23.9 Å². The number of non-ortho nitro benzene ring substituents is 1. The third-order valence-electron chi connectivity index (χ3n) is 5.62. The van der Waals surface area contributed by atoms with Crippen molar-refractivity contribution < 1.29 is 14.5 Å². The largest absolute Gasteiger partial charge is 0.455 e. The van der Waals surface area contributed by atoms with E-state index in [0.29, 0.717) is 22.7 Å². The lowest BCUT2D eigenvalue weighted by Gasteiger charge is -2.10. The van der Waals surface area contributed by atoms with Gasteiger partial charge in [-0.25, -0.2) is 4.68 Å². The standard InChI is InChI=1S/C28H21N5O4/c1-19-26(27(20-9-4-2-5-10-20)31-32(19)22-11-6-3-7-12-22)28(34)30-21-15-23(33(35)36)17-25(16-21)37-24-13-8-14-29-18-24/h2-18H,1H3,(H,30,34). The first-order chi connectivity index (χ1) is 18.0. The number of carbonyl (C=O) groups excluding carboxylic acids is 1. The van der Waals surface area contributed by atoms with Gasteiger partial charge >= 0.3 is 0 Å². The molecule has 0 spiro atoms. The Labute approximate surface area is 212 Å². The van der Waals surface area contributed by atoms with Crippen LogP contribution in [-0.4, -0.2) is 25.6 Å². The molecule has 5 aromatic rings. The highest BCUT2D eigenvalue weighted by Gasteiger charge is 2.24. The summed E-state index contributed by atoms with van der Waals surface area (Å²) in [5, 5.41) is 19.1. The highest BCUT2D eigenvalue weighted by Crippen LogP contribution is 2.32. The van der Waals surface area contributed by atoms with Gasteiger partial charge < -0.3 is 10.1 Å². The molecule has 5 rings (SSSR count). The predicted molar refractivity (Wildman–Crippen MR) is 139 cm³/mol. The molecular weight excluding hydrogens is 470 g/mol. The molecule has 9 nitrogen and oxygen atoms in total. The molecule has 2 heterocycles. The van der Waals surface area contributed by atoms with Crippen LogP contribution in [0.15, 0.2) is 103 Å². The number of rotatable bonds is 7. The van der Waals surface area contributed by atoms with Crippen LogP contribution >= 0.6 is 0 Å². The van der Waals surface area contributed by atoms with E-state index in [1.165, 1.54) is 24.4 Å². The summed E-state index contributed by atoms with van der Waals surface area (Å²) in [4.78, 5) is 28.7. The SMILES string of the molecule is Cc1c(C(=O)Nc2cc(Oc3cccnc3)cc([N+](=O)[O-])c2)c(-c2ccccc2)nn1-c1ccccc1. The Hall–Kier alpha value is -5.31. The Bertz CT molecular complexity index is 1570. The number of carbonyl (C=O) groups is 1. The molecule has 182 valence electrons. The molecule has 0 atom stereocenters. The van der Waals surface area contributed by atoms with E-state index in [1.807, 2.05) is 67.6 Å². The van der Waals surface area contributed by atoms with Crippen LogP contribution in [0.4, 0.5) is 11.4 Å². The third-order valence-corrected chi connectivity index (χ3v) is 5.62. The molecule has 37 heavy (non-hydrogen) atoms. The number of nitrogens with one attached hydrogen (secondary N) is 1. The second-order valence-electron chi connectivity index (χ2n) is 8.14. The Morgan fingerprint density at radius 3 is 2.35 bits per heavy atom. The summed E-state index contributed by atoms with van der Waals surface area (Å²) in [7, 11) is 0. The van der Waals surface area contributed by atoms with Crippen molar-refractivity contribution in [2.75, 3.05) is 5.32 Å². The van der Waals surface area contributed by atoms with Gasteiger partial charge in [0.25, 0.3) is 11.6 Å². The fourth-order valence-corrected chi connectivity index (χ4v) is 3.95. The summed E-state index contributed by atoms with van der Waals surface area (Å²) < 4.78 is 7.45. The van der Waals surface area contributed by atoms with Gasteiger partial charge in [0.15, 0.2) is 0 Å². The molecule has 0 aliphatic heterocycles. The fourth-order valence-electron chi connectivity index (χ4n) is 3.95. The third kappa shape index (κ3) is 5.06. The number of nitrogens with zero attached hydrogens (tertiary/aromatic N) is 4. The average molecular weight is 492 g/mol. The molecule has 9 heteroatoms. The Kier molecular flexibility index (Phi) is 6.41. The number of aromatic nitrogens is 3. The van der Waals surface area contributed by atoms with Crippen LogP contribution < -0.4 is 10.1 Å². The summed E-state index contributed by atoms with van der Waals surface area (Å²) in [6.45, 7) is 1.81. The molecule has 0 unspecified atom stereocenters. The molecule has 1 N–H and O–H groups in total. The van der Waals surface area contributed by atoms with Crippen molar-refractivity contribution in [3.05, 3.63) is 125 Å². The van der Waals surface area contributed by atoms with E-state index in [2.05, 4.69) is 10.3 Å². The van der Waals surface area contributed by atoms with Crippen LogP contribution in [0.5, 0.6) is 11.5 Å². The fraction of sp³-hybridized carbons (Fsp3) is 0.0357. The number of hydrogen-bond donors (Lipinski definition) is 1. The zero-order valence-electron chi connectivity index (χ0n) is 19.7. The summed E-state index contributed by atoms with van der Waals surface area (Å²) in [6, 6.07) is 26.3. The summed E-state index contributed by atoms with van der Waals surface area (Å²) in [6.07, 6.45) is 3.08. The van der Waals surface area contributed by atoms with Crippen molar-refractivity contribution in [3.8, 4) is 28.4 Å². The second kappa shape index (κ2) is 10.1. The molecule has 0 fully saturated rings. The highest BCUT2D eigenvalue weighted by molar-refractivity contribution is 6.09. The van der Waals surface area contributed by atoms with E-state index in [0.717, 1.165) is 11.3 Å². The molecule has 0 radical (unpaired) electrons. The van der Waals surface area contributed by atoms with Gasteiger partial charge in [0.05, 0.1) is 39.8 Å². The first kappa shape index (κ1) is 23.4. The number of benzene rings is 3. The molecular formula is C28H21N5O4. The van der Waals surface area contributed by atoms with Crippen LogP contribution in [0.3, 0.4) is 0 Å². The second-order valence-corrected chi connectivity index (χ2v) is 8.14. The first-order valence-corrected chi connectivity index (χ1v) is 11.4. The van der Waals surface area contributed by atoms with Crippen molar-refractivity contribution >= 4 is 17.3 Å². The summed E-state index contributed by atoms with van der Waals surface area (Å²) in [5.74, 6) is 0.149. The molecule has 0 bridgehead atoms. The number of nitro groups is 1. The maximum Gasteiger partial charge on any atom is 0.275 e. The smallest absolute Gasteiger partial charge is 0.275 e. The lowest BCUT2D eigenvalue weighted by molar-refractivity contribution is -0.384. The lowest BCUT2D eigenvalue weighted by atomic mass is 10.1. The number of pyridine rings is 1. The van der Waals surface area contributed by atoms with Crippen molar-refractivity contribution in [1.82, 2.24) is 14.8 Å². The minimum atomic E-state index is -0.542. The number of amides is 1. The quantitative estimate of drug-likeness (QED) is 0.214. The molecule has 0 aliphatic rings. The number of hydrogen-bond acceptors (Lipinski definition) is 6. The minimum Gasteiger partial charge on any atom is -0.455 e. The highest BCUT2D eigenvalue weighted by atomic mass is 16.6. The lowest BCUT2D eigenvalue weighted by Crippen LogP contribution is -2.14. The monoisotopic (exact) mass is 491 g/mol. The first-order valence-electron chi connectivity index (χ1n) is 11.4. The summed E-state index contributed by atoms with van der Waals surface area (Å²) >= 11 is 0. The van der Waals surface area contributed by atoms with Gasteiger partial charge in [-0.05, 0) is 31.2 Å². The molecule has 0 saturated carbocycles. The van der Waals surface area contributed by atoms with Crippen molar-refractivity contribution in [2.45, 2.75) is 6.92 Å². The number of ether oxygens (including phenoxy) is 1. The van der Waals surface area contributed by atoms with Crippen LogP contribution in [0, 0.1) is 17.0 Å². The number of nitro benzene ring substituents is 1. The van der Waals surface area contributed by atoms with Crippen molar-refractivity contribution in [3.63, 3.8) is 0 Å².